The quantitative estimate of drug-likeness (QED) is 0.506. The number of nitrogens with one attached hydrogen (secondary N) is 2. The van der Waals surface area contributed by atoms with Crippen LogP contribution in [-0.2, 0) is 16.1 Å². The zero-order chi connectivity index (χ0) is 20.8. The molecule has 28 heavy (non-hydrogen) atoms. The van der Waals surface area contributed by atoms with E-state index in [9.17, 15) is 23.9 Å². The van der Waals surface area contributed by atoms with Crippen molar-refractivity contribution in [3.05, 3.63) is 51.0 Å². The van der Waals surface area contributed by atoms with Crippen molar-refractivity contribution in [3.63, 3.8) is 0 Å². The van der Waals surface area contributed by atoms with E-state index in [2.05, 4.69) is 15.4 Å². The molecule has 0 bridgehead atoms. The summed E-state index contributed by atoms with van der Waals surface area (Å²) in [5.41, 5.74) is 6.54. The van der Waals surface area contributed by atoms with Crippen LogP contribution in [0.3, 0.4) is 0 Å². The molecule has 2 aromatic rings. The normalized spacial score (nSPS) is 11.6. The minimum atomic E-state index is -0.984. The van der Waals surface area contributed by atoms with E-state index in [-0.39, 0.29) is 22.8 Å². The van der Waals surface area contributed by atoms with Gasteiger partial charge < -0.3 is 26.2 Å². The number of aromatic hydroxyl groups is 1. The van der Waals surface area contributed by atoms with Crippen molar-refractivity contribution in [1.82, 2.24) is 10.6 Å². The number of methoxy groups -OCH3 is 1. The number of esters is 1. The van der Waals surface area contributed by atoms with Gasteiger partial charge in [-0.25, -0.2) is 9.18 Å². The summed E-state index contributed by atoms with van der Waals surface area (Å²) in [6, 6.07) is 4.32. The number of rotatable bonds is 7. The molecule has 0 fully saturated rings. The minimum Gasteiger partial charge on any atom is -0.505 e. The van der Waals surface area contributed by atoms with E-state index in [1.54, 1.807) is 13.0 Å². The van der Waals surface area contributed by atoms with Crippen LogP contribution < -0.4 is 16.4 Å². The van der Waals surface area contributed by atoms with E-state index >= 15 is 0 Å². The number of hydrogen-bond acceptors (Lipinski definition) is 7. The topological polar surface area (TPSA) is 131 Å². The molecule has 1 atom stereocenters. The van der Waals surface area contributed by atoms with Crippen LogP contribution in [0.2, 0.25) is 0 Å². The Morgan fingerprint density at radius 2 is 2.00 bits per heavy atom. The first kappa shape index (κ1) is 21.3. The standard InChI is InChI=1S/C18H20FN3O5S/c1-9-5-14(16(24)21-8-10-3-4-11(19)13(23)6-10)28-15(9)17(25)22-12(7-20)18(26)27-2/h3-6,12,23H,7-8,20H2,1-2H3,(H,21,24)(H,22,25). The van der Waals surface area contributed by atoms with Gasteiger partial charge in [0, 0.05) is 13.1 Å². The van der Waals surface area contributed by atoms with Crippen molar-refractivity contribution in [2.75, 3.05) is 13.7 Å². The van der Waals surface area contributed by atoms with Gasteiger partial charge >= 0.3 is 5.97 Å². The number of amides is 2. The Balaban J connectivity index is 2.05. The second-order valence-electron chi connectivity index (χ2n) is 5.88. The van der Waals surface area contributed by atoms with Crippen LogP contribution in [0.25, 0.3) is 0 Å². The Labute approximate surface area is 164 Å². The predicted molar refractivity (Wildman–Crippen MR) is 101 cm³/mol. The van der Waals surface area contributed by atoms with Crippen molar-refractivity contribution in [2.24, 2.45) is 5.73 Å². The molecule has 0 aliphatic heterocycles. The van der Waals surface area contributed by atoms with Crippen molar-refractivity contribution in [2.45, 2.75) is 19.5 Å². The number of halogens is 1. The molecule has 8 nitrogen and oxygen atoms in total. The van der Waals surface area contributed by atoms with Gasteiger partial charge in [-0.2, -0.15) is 0 Å². The molecule has 0 aliphatic rings. The maximum atomic E-state index is 13.1. The number of benzene rings is 1. The second kappa shape index (κ2) is 9.29. The van der Waals surface area contributed by atoms with E-state index in [0.717, 1.165) is 17.4 Å². The first-order valence-electron chi connectivity index (χ1n) is 8.21. The summed E-state index contributed by atoms with van der Waals surface area (Å²) in [6.07, 6.45) is 0. The van der Waals surface area contributed by atoms with E-state index in [1.807, 2.05) is 0 Å². The summed E-state index contributed by atoms with van der Waals surface area (Å²) in [6.45, 7) is 1.61. The number of ether oxygens (including phenoxy) is 1. The third-order valence-corrected chi connectivity index (χ3v) is 5.07. The van der Waals surface area contributed by atoms with Crippen LogP contribution in [0.15, 0.2) is 24.3 Å². The summed E-state index contributed by atoms with van der Waals surface area (Å²) in [5.74, 6) is -2.88. The maximum absolute atomic E-state index is 13.1. The average Bonchev–Trinajstić information content (AvgIpc) is 3.07. The number of phenolic OH excluding ortho intramolecular Hbond substituents is 1. The van der Waals surface area contributed by atoms with E-state index in [0.29, 0.717) is 11.1 Å². The lowest BCUT2D eigenvalue weighted by Gasteiger charge is -2.13. The summed E-state index contributed by atoms with van der Waals surface area (Å²) in [5, 5.41) is 14.5. The van der Waals surface area contributed by atoms with Gasteiger partial charge in [-0.05, 0) is 36.2 Å². The summed E-state index contributed by atoms with van der Waals surface area (Å²) < 4.78 is 17.6. The van der Waals surface area contributed by atoms with Gasteiger partial charge in [0.1, 0.15) is 6.04 Å². The zero-order valence-electron chi connectivity index (χ0n) is 15.2. The Hall–Kier alpha value is -2.98. The van der Waals surface area contributed by atoms with Crippen LogP contribution in [0.4, 0.5) is 4.39 Å². The smallest absolute Gasteiger partial charge is 0.329 e. The highest BCUT2D eigenvalue weighted by molar-refractivity contribution is 7.16. The summed E-state index contributed by atoms with van der Waals surface area (Å²) in [4.78, 5) is 36.8. The van der Waals surface area contributed by atoms with Crippen LogP contribution >= 0.6 is 11.3 Å². The number of phenols is 1. The fraction of sp³-hybridized carbons (Fsp3) is 0.278. The molecule has 10 heteroatoms. The van der Waals surface area contributed by atoms with Crippen molar-refractivity contribution in [1.29, 1.82) is 0 Å². The van der Waals surface area contributed by atoms with Crippen LogP contribution in [0, 0.1) is 12.7 Å². The van der Waals surface area contributed by atoms with Gasteiger partial charge in [0.05, 0.1) is 16.9 Å². The largest absolute Gasteiger partial charge is 0.505 e. The number of carbonyl (C=O) groups is 3. The molecular formula is C18H20FN3O5S. The fourth-order valence-electron chi connectivity index (χ4n) is 2.34. The van der Waals surface area contributed by atoms with E-state index in [1.165, 1.54) is 19.2 Å². The first-order chi connectivity index (χ1) is 13.3. The molecule has 1 aromatic carbocycles. The molecule has 1 unspecified atom stereocenters. The zero-order valence-corrected chi connectivity index (χ0v) is 16.1. The van der Waals surface area contributed by atoms with Crippen LogP contribution in [0.5, 0.6) is 5.75 Å². The van der Waals surface area contributed by atoms with Gasteiger partial charge in [0.15, 0.2) is 11.6 Å². The molecule has 5 N–H and O–H groups in total. The van der Waals surface area contributed by atoms with Gasteiger partial charge in [-0.15, -0.1) is 11.3 Å². The number of nitrogens with two attached hydrogens (primary N) is 1. The Bertz CT molecular complexity index is 899. The highest BCUT2D eigenvalue weighted by Gasteiger charge is 2.23. The fourth-order valence-corrected chi connectivity index (χ4v) is 3.33. The molecule has 1 aromatic heterocycles. The Kier molecular flexibility index (Phi) is 7.07. The molecule has 2 rings (SSSR count). The van der Waals surface area contributed by atoms with E-state index < -0.39 is 35.4 Å². The molecule has 0 radical (unpaired) electrons. The van der Waals surface area contributed by atoms with Gasteiger partial charge in [-0.1, -0.05) is 6.07 Å². The molecular weight excluding hydrogens is 389 g/mol. The van der Waals surface area contributed by atoms with Crippen molar-refractivity contribution < 1.29 is 28.6 Å². The van der Waals surface area contributed by atoms with Gasteiger partial charge in [-0.3, -0.25) is 9.59 Å². The number of thiophene rings is 1. The molecule has 1 heterocycles. The number of aryl methyl sites for hydroxylation is 1. The average molecular weight is 409 g/mol. The lowest BCUT2D eigenvalue weighted by Crippen LogP contribution is -2.46. The van der Waals surface area contributed by atoms with Gasteiger partial charge in [0.2, 0.25) is 0 Å². The van der Waals surface area contributed by atoms with Crippen molar-refractivity contribution >= 4 is 29.1 Å². The van der Waals surface area contributed by atoms with Crippen LogP contribution in [0.1, 0.15) is 30.5 Å². The monoisotopic (exact) mass is 409 g/mol. The highest BCUT2D eigenvalue weighted by atomic mass is 32.1. The third-order valence-electron chi connectivity index (χ3n) is 3.84. The minimum absolute atomic E-state index is 0.0722. The molecule has 0 saturated carbocycles. The van der Waals surface area contributed by atoms with Crippen molar-refractivity contribution in [3.8, 4) is 5.75 Å². The Morgan fingerprint density at radius 3 is 2.61 bits per heavy atom. The number of hydrogen-bond donors (Lipinski definition) is 4. The summed E-state index contributed by atoms with van der Waals surface area (Å²) >= 11 is 0.962. The number of carbonyl (C=O) groups excluding carboxylic acids is 3. The predicted octanol–water partition coefficient (Wildman–Crippen LogP) is 1.06. The Morgan fingerprint density at radius 1 is 1.29 bits per heavy atom. The third kappa shape index (κ3) is 5.05. The van der Waals surface area contributed by atoms with Gasteiger partial charge in [0.25, 0.3) is 11.8 Å². The molecule has 0 saturated heterocycles. The second-order valence-corrected chi connectivity index (χ2v) is 6.93. The summed E-state index contributed by atoms with van der Waals surface area (Å²) in [7, 11) is 1.19. The van der Waals surface area contributed by atoms with E-state index in [4.69, 9.17) is 5.73 Å². The maximum Gasteiger partial charge on any atom is 0.329 e. The highest BCUT2D eigenvalue weighted by Crippen LogP contribution is 2.22. The SMILES string of the molecule is COC(=O)C(CN)NC(=O)c1sc(C(=O)NCc2ccc(F)c(O)c2)cc1C. The van der Waals surface area contributed by atoms with Crippen LogP contribution in [-0.4, -0.2) is 42.6 Å². The molecule has 0 aliphatic carbocycles. The molecule has 0 spiro atoms. The molecule has 2 amide bonds. The first-order valence-corrected chi connectivity index (χ1v) is 9.03. The lowest BCUT2D eigenvalue weighted by atomic mass is 10.2. The molecule has 150 valence electrons. The lowest BCUT2D eigenvalue weighted by molar-refractivity contribution is -0.142.